The Kier molecular flexibility index (Phi) is 4.82. The van der Waals surface area contributed by atoms with E-state index in [1.54, 1.807) is 6.92 Å². The molecule has 2 N–H and O–H groups in total. The molecule has 0 saturated heterocycles. The minimum atomic E-state index is -1.00. The molecule has 2 rings (SSSR count). The van der Waals surface area contributed by atoms with Crippen molar-refractivity contribution in [2.75, 3.05) is 7.05 Å². The van der Waals surface area contributed by atoms with Crippen molar-refractivity contribution >= 4 is 6.09 Å². The molecule has 0 unspecified atom stereocenters. The van der Waals surface area contributed by atoms with Crippen LogP contribution in [0, 0.1) is 6.92 Å². The van der Waals surface area contributed by atoms with Gasteiger partial charge in [-0.3, -0.25) is 0 Å². The maximum absolute atomic E-state index is 11.0. The maximum Gasteiger partial charge on any atom is 0.404 e. The Morgan fingerprint density at radius 1 is 1.48 bits per heavy atom. The van der Waals surface area contributed by atoms with E-state index < -0.39 is 6.09 Å². The third kappa shape index (κ3) is 3.72. The van der Waals surface area contributed by atoms with Crippen LogP contribution in [0.2, 0.25) is 0 Å². The van der Waals surface area contributed by atoms with Crippen LogP contribution < -0.4 is 5.32 Å². The fourth-order valence-electron chi connectivity index (χ4n) is 3.01. The first-order valence-electron chi connectivity index (χ1n) is 7.40. The number of aromatic nitrogens is 2. The summed E-state index contributed by atoms with van der Waals surface area (Å²) in [4.78, 5) is 17.6. The van der Waals surface area contributed by atoms with Crippen LogP contribution in [0.3, 0.4) is 0 Å². The number of nitrogens with one attached hydrogen (secondary N) is 1. The van der Waals surface area contributed by atoms with Gasteiger partial charge in [0.15, 0.2) is 5.82 Å². The summed E-state index contributed by atoms with van der Waals surface area (Å²) in [5.74, 6) is 1.05. The molecular weight excluding hydrogens is 272 g/mol. The number of amides is 1. The number of nitrogens with zero attached hydrogens (tertiary/aromatic N) is 3. The van der Waals surface area contributed by atoms with Crippen LogP contribution in [0.5, 0.6) is 0 Å². The SMILES string of the molecule is Cc1noc([C@@H]2C[C@H](N(C)C(C)C)CC[C@@H]2NC(=O)O)n1. The zero-order valence-electron chi connectivity index (χ0n) is 13.0. The van der Waals surface area contributed by atoms with Crippen LogP contribution >= 0.6 is 0 Å². The minimum absolute atomic E-state index is 0.0674. The molecule has 1 heterocycles. The van der Waals surface area contributed by atoms with Crippen molar-refractivity contribution in [3.05, 3.63) is 11.7 Å². The fraction of sp³-hybridized carbons (Fsp3) is 0.786. The minimum Gasteiger partial charge on any atom is -0.465 e. The predicted molar refractivity (Wildman–Crippen MR) is 77.3 cm³/mol. The molecule has 3 atom stereocenters. The number of rotatable bonds is 4. The van der Waals surface area contributed by atoms with Crippen LogP contribution in [0.1, 0.15) is 50.7 Å². The molecular formula is C14H24N4O3. The number of aryl methyl sites for hydroxylation is 1. The van der Waals surface area contributed by atoms with Crippen molar-refractivity contribution in [2.45, 2.75) is 64.1 Å². The van der Waals surface area contributed by atoms with Gasteiger partial charge in [0.1, 0.15) is 0 Å². The summed E-state index contributed by atoms with van der Waals surface area (Å²) in [5.41, 5.74) is 0. The molecule has 7 nitrogen and oxygen atoms in total. The highest BCUT2D eigenvalue weighted by molar-refractivity contribution is 5.65. The van der Waals surface area contributed by atoms with E-state index >= 15 is 0 Å². The summed E-state index contributed by atoms with van der Waals surface area (Å²) in [6.07, 6.45) is 1.56. The van der Waals surface area contributed by atoms with Crippen LogP contribution in [0.25, 0.3) is 0 Å². The third-order valence-electron chi connectivity index (χ3n) is 4.38. The average molecular weight is 296 g/mol. The van der Waals surface area contributed by atoms with E-state index in [2.05, 4.69) is 41.3 Å². The number of carbonyl (C=O) groups is 1. The molecule has 1 aromatic heterocycles. The Balaban J connectivity index is 2.17. The molecule has 1 aliphatic carbocycles. The van der Waals surface area contributed by atoms with Crippen molar-refractivity contribution in [2.24, 2.45) is 0 Å². The second kappa shape index (κ2) is 6.43. The second-order valence-electron chi connectivity index (χ2n) is 6.07. The highest BCUT2D eigenvalue weighted by atomic mass is 16.5. The summed E-state index contributed by atoms with van der Waals surface area (Å²) in [5, 5.41) is 15.4. The lowest BCUT2D eigenvalue weighted by Gasteiger charge is -2.40. The van der Waals surface area contributed by atoms with Gasteiger partial charge in [0.2, 0.25) is 5.89 Å². The standard InChI is InChI=1S/C14H24N4O3/c1-8(2)18(4)10-5-6-12(16-14(19)20)11(7-10)13-15-9(3)17-21-13/h8,10-12,16H,5-7H2,1-4H3,(H,19,20)/t10-,11-,12+/m1/s1. The van der Waals surface area contributed by atoms with E-state index in [4.69, 9.17) is 9.63 Å². The molecule has 1 amide bonds. The van der Waals surface area contributed by atoms with Gasteiger partial charge in [0.05, 0.1) is 5.92 Å². The molecule has 1 aromatic rings. The first kappa shape index (κ1) is 15.8. The van der Waals surface area contributed by atoms with E-state index in [0.29, 0.717) is 23.8 Å². The van der Waals surface area contributed by atoms with Crippen molar-refractivity contribution in [3.63, 3.8) is 0 Å². The van der Waals surface area contributed by atoms with Crippen LogP contribution in [-0.4, -0.2) is 51.4 Å². The monoisotopic (exact) mass is 296 g/mol. The highest BCUT2D eigenvalue weighted by Crippen LogP contribution is 2.35. The molecule has 0 aliphatic heterocycles. The molecule has 1 saturated carbocycles. The molecule has 21 heavy (non-hydrogen) atoms. The average Bonchev–Trinajstić information content (AvgIpc) is 2.84. The van der Waals surface area contributed by atoms with Crippen molar-refractivity contribution < 1.29 is 14.4 Å². The van der Waals surface area contributed by atoms with Crippen LogP contribution in [0.15, 0.2) is 4.52 Å². The van der Waals surface area contributed by atoms with Gasteiger partial charge in [-0.1, -0.05) is 5.16 Å². The lowest BCUT2D eigenvalue weighted by molar-refractivity contribution is 0.116. The lowest BCUT2D eigenvalue weighted by atomic mass is 9.80. The molecule has 118 valence electrons. The Labute approximate surface area is 124 Å². The van der Waals surface area contributed by atoms with E-state index in [9.17, 15) is 4.79 Å². The first-order valence-corrected chi connectivity index (χ1v) is 7.40. The normalized spacial score (nSPS) is 26.3. The molecule has 7 heteroatoms. The van der Waals surface area contributed by atoms with Gasteiger partial charge in [0, 0.05) is 18.1 Å². The summed E-state index contributed by atoms with van der Waals surface area (Å²) in [6.45, 7) is 6.09. The van der Waals surface area contributed by atoms with Gasteiger partial charge < -0.3 is 19.8 Å². The van der Waals surface area contributed by atoms with Crippen molar-refractivity contribution in [3.8, 4) is 0 Å². The first-order chi connectivity index (χ1) is 9.88. The smallest absolute Gasteiger partial charge is 0.404 e. The Bertz CT molecular complexity index is 488. The molecule has 0 radical (unpaired) electrons. The summed E-state index contributed by atoms with van der Waals surface area (Å²) in [7, 11) is 2.11. The van der Waals surface area contributed by atoms with Crippen molar-refractivity contribution in [1.29, 1.82) is 0 Å². The lowest BCUT2D eigenvalue weighted by Crippen LogP contribution is -2.48. The Hall–Kier alpha value is -1.63. The third-order valence-corrected chi connectivity index (χ3v) is 4.38. The highest BCUT2D eigenvalue weighted by Gasteiger charge is 2.37. The fourth-order valence-corrected chi connectivity index (χ4v) is 3.01. The van der Waals surface area contributed by atoms with Gasteiger partial charge in [-0.15, -0.1) is 0 Å². The topological polar surface area (TPSA) is 91.5 Å². The largest absolute Gasteiger partial charge is 0.465 e. The van der Waals surface area contributed by atoms with E-state index in [0.717, 1.165) is 19.3 Å². The summed E-state index contributed by atoms with van der Waals surface area (Å²) in [6, 6.07) is 0.678. The molecule has 0 aromatic carbocycles. The van der Waals surface area contributed by atoms with Gasteiger partial charge in [0.25, 0.3) is 0 Å². The number of hydrogen-bond donors (Lipinski definition) is 2. The molecule has 1 aliphatic rings. The Morgan fingerprint density at radius 3 is 2.71 bits per heavy atom. The maximum atomic E-state index is 11.0. The zero-order valence-corrected chi connectivity index (χ0v) is 13.0. The second-order valence-corrected chi connectivity index (χ2v) is 6.07. The predicted octanol–water partition coefficient (Wildman–Crippen LogP) is 1.99. The number of hydrogen-bond acceptors (Lipinski definition) is 5. The van der Waals surface area contributed by atoms with Gasteiger partial charge >= 0.3 is 6.09 Å². The van der Waals surface area contributed by atoms with Gasteiger partial charge in [-0.25, -0.2) is 4.79 Å². The number of carboxylic acid groups (broad SMARTS) is 1. The van der Waals surface area contributed by atoms with Crippen LogP contribution in [0.4, 0.5) is 4.79 Å². The van der Waals surface area contributed by atoms with Gasteiger partial charge in [-0.05, 0) is 47.1 Å². The molecule has 1 fully saturated rings. The van der Waals surface area contributed by atoms with Crippen LogP contribution in [-0.2, 0) is 0 Å². The van der Waals surface area contributed by atoms with E-state index in [1.165, 1.54) is 0 Å². The summed E-state index contributed by atoms with van der Waals surface area (Å²) < 4.78 is 5.29. The molecule has 0 bridgehead atoms. The van der Waals surface area contributed by atoms with E-state index in [1.807, 2.05) is 0 Å². The van der Waals surface area contributed by atoms with E-state index in [-0.39, 0.29) is 12.0 Å². The van der Waals surface area contributed by atoms with Gasteiger partial charge in [-0.2, -0.15) is 4.98 Å². The zero-order chi connectivity index (χ0) is 15.6. The quantitative estimate of drug-likeness (QED) is 0.883. The Morgan fingerprint density at radius 2 is 2.19 bits per heavy atom. The molecule has 0 spiro atoms. The van der Waals surface area contributed by atoms with Crippen molar-refractivity contribution in [1.82, 2.24) is 20.4 Å². The summed E-state index contributed by atoms with van der Waals surface area (Å²) >= 11 is 0.